The van der Waals surface area contributed by atoms with Crippen LogP contribution in [0.4, 0.5) is 0 Å². The monoisotopic (exact) mass is 454 g/mol. The molecule has 8 nitrogen and oxygen atoms in total. The van der Waals surface area contributed by atoms with E-state index in [-0.39, 0.29) is 36.0 Å². The topological polar surface area (TPSA) is 94.9 Å². The van der Waals surface area contributed by atoms with Crippen molar-refractivity contribution in [1.82, 2.24) is 19.7 Å². The molecular weight excluding hydrogens is 420 g/mol. The first-order valence-electron chi connectivity index (χ1n) is 11.8. The number of amides is 2. The molecule has 1 aromatic carbocycles. The average Bonchev–Trinajstić information content (AvgIpc) is 2.78. The number of aryl methyl sites for hydroxylation is 2. The number of aromatic nitrogens is 1. The van der Waals surface area contributed by atoms with Crippen molar-refractivity contribution in [3.63, 3.8) is 0 Å². The van der Waals surface area contributed by atoms with Crippen molar-refractivity contribution in [2.24, 2.45) is 0 Å². The lowest BCUT2D eigenvalue weighted by Gasteiger charge is -2.45. The van der Waals surface area contributed by atoms with Gasteiger partial charge in [0.1, 0.15) is 6.54 Å². The Morgan fingerprint density at radius 1 is 1.09 bits per heavy atom. The van der Waals surface area contributed by atoms with Crippen LogP contribution in [0.1, 0.15) is 37.3 Å². The van der Waals surface area contributed by atoms with Crippen LogP contribution in [0.25, 0.3) is 10.9 Å². The zero-order chi connectivity index (χ0) is 23.7. The van der Waals surface area contributed by atoms with Crippen LogP contribution in [0.5, 0.6) is 0 Å². The molecule has 4 rings (SSSR count). The molecule has 0 unspecified atom stereocenters. The highest BCUT2D eigenvalue weighted by Crippen LogP contribution is 2.25. The fraction of sp³-hybridized carbons (Fsp3) is 0.560. The van der Waals surface area contributed by atoms with E-state index in [2.05, 4.69) is 10.2 Å². The van der Waals surface area contributed by atoms with Gasteiger partial charge in [0.15, 0.2) is 0 Å². The van der Waals surface area contributed by atoms with Crippen molar-refractivity contribution in [1.29, 1.82) is 0 Å². The molecule has 0 spiro atoms. The first-order chi connectivity index (χ1) is 15.8. The maximum Gasteiger partial charge on any atom is 0.251 e. The third kappa shape index (κ3) is 4.82. The van der Waals surface area contributed by atoms with Crippen LogP contribution < -0.4 is 10.9 Å². The quantitative estimate of drug-likeness (QED) is 0.724. The van der Waals surface area contributed by atoms with Crippen molar-refractivity contribution < 1.29 is 14.7 Å². The number of fused-ring (bicyclic) bond motifs is 1. The van der Waals surface area contributed by atoms with Crippen molar-refractivity contribution in [2.45, 2.75) is 64.8 Å². The summed E-state index contributed by atoms with van der Waals surface area (Å²) in [5.41, 5.74) is 2.42. The standard InChI is InChI=1S/C25H34N4O4/c1-16-6-4-7-19-17(2)14-23(32)29(24(16)19)15-22(31)26-20-8-5-9-21(25(20)33)28-12-10-27(11-13-28)18(3)30/h4,6-7,14,20-21,25,33H,5,8-13,15H2,1-3H3,(H,26,31)/t20-,21-,25-/m1/s1. The third-order valence-electron chi connectivity index (χ3n) is 7.24. The summed E-state index contributed by atoms with van der Waals surface area (Å²) >= 11 is 0. The largest absolute Gasteiger partial charge is 0.389 e. The first kappa shape index (κ1) is 23.4. The number of piperazine rings is 1. The summed E-state index contributed by atoms with van der Waals surface area (Å²) in [7, 11) is 0. The van der Waals surface area contributed by atoms with Crippen LogP contribution in [-0.2, 0) is 16.1 Å². The summed E-state index contributed by atoms with van der Waals surface area (Å²) in [5.74, 6) is -0.185. The van der Waals surface area contributed by atoms with Gasteiger partial charge in [-0.3, -0.25) is 23.9 Å². The van der Waals surface area contributed by atoms with E-state index < -0.39 is 6.10 Å². The highest BCUT2D eigenvalue weighted by molar-refractivity contribution is 5.87. The first-order valence-corrected chi connectivity index (χ1v) is 11.8. The fourth-order valence-electron chi connectivity index (χ4n) is 5.42. The summed E-state index contributed by atoms with van der Waals surface area (Å²) in [6.07, 6.45) is 1.81. The summed E-state index contributed by atoms with van der Waals surface area (Å²) in [6.45, 7) is 8.14. The Morgan fingerprint density at radius 2 is 1.82 bits per heavy atom. The third-order valence-corrected chi connectivity index (χ3v) is 7.24. The second-order valence-electron chi connectivity index (χ2n) is 9.43. The minimum atomic E-state index is -0.681. The second-order valence-corrected chi connectivity index (χ2v) is 9.43. The van der Waals surface area contributed by atoms with Crippen molar-refractivity contribution in [3.8, 4) is 0 Å². The highest BCUT2D eigenvalue weighted by Gasteiger charge is 2.37. The van der Waals surface area contributed by atoms with E-state index in [1.165, 1.54) is 4.57 Å². The number of nitrogens with zero attached hydrogens (tertiary/aromatic N) is 3. The smallest absolute Gasteiger partial charge is 0.251 e. The number of aliphatic hydroxyl groups is 1. The number of hydrogen-bond donors (Lipinski definition) is 2. The van der Waals surface area contributed by atoms with Gasteiger partial charge in [-0.1, -0.05) is 18.2 Å². The number of carbonyl (C=O) groups excluding carboxylic acids is 2. The van der Waals surface area contributed by atoms with Crippen LogP contribution in [0, 0.1) is 13.8 Å². The minimum Gasteiger partial charge on any atom is -0.389 e. The normalized spacial score (nSPS) is 24.1. The number of hydrogen-bond acceptors (Lipinski definition) is 5. The van der Waals surface area contributed by atoms with E-state index in [1.54, 1.807) is 13.0 Å². The average molecular weight is 455 g/mol. The predicted molar refractivity (Wildman–Crippen MR) is 127 cm³/mol. The molecule has 2 fully saturated rings. The lowest BCUT2D eigenvalue weighted by molar-refractivity contribution is -0.132. The van der Waals surface area contributed by atoms with Gasteiger partial charge in [-0.05, 0) is 44.2 Å². The molecular formula is C25H34N4O4. The molecule has 2 N–H and O–H groups in total. The molecule has 1 saturated heterocycles. The lowest BCUT2D eigenvalue weighted by Crippen LogP contribution is -2.60. The Balaban J connectivity index is 1.45. The number of pyridine rings is 1. The van der Waals surface area contributed by atoms with E-state index >= 15 is 0 Å². The van der Waals surface area contributed by atoms with Crippen LogP contribution in [-0.4, -0.2) is 75.7 Å². The predicted octanol–water partition coefficient (Wildman–Crippen LogP) is 1.18. The summed E-state index contributed by atoms with van der Waals surface area (Å²) in [4.78, 5) is 41.4. The van der Waals surface area contributed by atoms with Gasteiger partial charge in [0.25, 0.3) is 5.56 Å². The van der Waals surface area contributed by atoms with Crippen LogP contribution in [0.15, 0.2) is 29.1 Å². The maximum atomic E-state index is 13.0. The molecule has 2 aromatic rings. The Kier molecular flexibility index (Phi) is 6.86. The molecule has 8 heteroatoms. The molecule has 0 radical (unpaired) electrons. The zero-order valence-corrected chi connectivity index (χ0v) is 19.7. The molecule has 1 aliphatic heterocycles. The number of nitrogens with one attached hydrogen (secondary N) is 1. The van der Waals surface area contributed by atoms with Gasteiger partial charge in [0, 0.05) is 50.6 Å². The molecule has 178 valence electrons. The van der Waals surface area contributed by atoms with E-state index in [0.29, 0.717) is 19.5 Å². The zero-order valence-electron chi connectivity index (χ0n) is 19.7. The minimum absolute atomic E-state index is 0.0386. The van der Waals surface area contributed by atoms with Crippen LogP contribution >= 0.6 is 0 Å². The molecule has 1 aliphatic carbocycles. The number of aliphatic hydroxyl groups excluding tert-OH is 1. The van der Waals surface area contributed by atoms with Crippen molar-refractivity contribution in [3.05, 3.63) is 45.7 Å². The van der Waals surface area contributed by atoms with Gasteiger partial charge >= 0.3 is 0 Å². The molecule has 33 heavy (non-hydrogen) atoms. The molecule has 1 saturated carbocycles. The Labute approximate surface area is 194 Å². The summed E-state index contributed by atoms with van der Waals surface area (Å²) in [5, 5.41) is 15.0. The second kappa shape index (κ2) is 9.65. The van der Waals surface area contributed by atoms with Crippen LogP contribution in [0.3, 0.4) is 0 Å². The van der Waals surface area contributed by atoms with Gasteiger partial charge < -0.3 is 15.3 Å². The number of benzene rings is 1. The Morgan fingerprint density at radius 3 is 2.52 bits per heavy atom. The number of rotatable bonds is 4. The van der Waals surface area contributed by atoms with Gasteiger partial charge in [0.2, 0.25) is 11.8 Å². The number of para-hydroxylation sites is 1. The maximum absolute atomic E-state index is 13.0. The molecule has 0 bridgehead atoms. The Hall–Kier alpha value is -2.71. The fourth-order valence-corrected chi connectivity index (χ4v) is 5.42. The van der Waals surface area contributed by atoms with Gasteiger partial charge in [-0.2, -0.15) is 0 Å². The molecule has 2 heterocycles. The molecule has 2 amide bonds. The van der Waals surface area contributed by atoms with E-state index in [9.17, 15) is 19.5 Å². The number of carbonyl (C=O) groups is 2. The summed E-state index contributed by atoms with van der Waals surface area (Å²) < 4.78 is 1.53. The SMILES string of the molecule is CC(=O)N1CCN([C@@H]2CCC[C@@H](NC(=O)Cn3c(=O)cc(C)c4cccc(C)c43)[C@H]2O)CC1. The molecule has 3 atom stereocenters. The van der Waals surface area contributed by atoms with Gasteiger partial charge in [-0.15, -0.1) is 0 Å². The van der Waals surface area contributed by atoms with Crippen molar-refractivity contribution in [2.75, 3.05) is 26.2 Å². The van der Waals surface area contributed by atoms with E-state index in [1.807, 2.05) is 36.9 Å². The van der Waals surface area contributed by atoms with E-state index in [4.69, 9.17) is 0 Å². The lowest BCUT2D eigenvalue weighted by atomic mass is 9.86. The molecule has 1 aromatic heterocycles. The summed E-state index contributed by atoms with van der Waals surface area (Å²) in [6, 6.07) is 7.04. The van der Waals surface area contributed by atoms with Gasteiger partial charge in [-0.25, -0.2) is 0 Å². The van der Waals surface area contributed by atoms with Crippen LogP contribution in [0.2, 0.25) is 0 Å². The van der Waals surface area contributed by atoms with E-state index in [0.717, 1.165) is 48.0 Å². The molecule has 2 aliphatic rings. The van der Waals surface area contributed by atoms with Gasteiger partial charge in [0.05, 0.1) is 17.7 Å². The highest BCUT2D eigenvalue weighted by atomic mass is 16.3. The van der Waals surface area contributed by atoms with Crippen molar-refractivity contribution >= 4 is 22.7 Å². The Bertz CT molecular complexity index is 1100.